The molecule has 8 atom stereocenters. The highest BCUT2D eigenvalue weighted by Crippen LogP contribution is 2.73. The first-order chi connectivity index (χ1) is 11.8. The van der Waals surface area contributed by atoms with Gasteiger partial charge in [0.05, 0.1) is 6.10 Å². The summed E-state index contributed by atoms with van der Waals surface area (Å²) in [7, 11) is 0. The summed E-state index contributed by atoms with van der Waals surface area (Å²) in [4.78, 5) is 23.9. The molecule has 138 valence electrons. The van der Waals surface area contributed by atoms with E-state index >= 15 is 0 Å². The number of hydrogen-bond acceptors (Lipinski definition) is 4. The molecule has 0 unspecified atom stereocenters. The molecular weight excluding hydrogens is 316 g/mol. The summed E-state index contributed by atoms with van der Waals surface area (Å²) in [6, 6.07) is 0. The predicted octanol–water partition coefficient (Wildman–Crippen LogP) is 3.66. The first-order valence-corrected chi connectivity index (χ1v) is 10.2. The second kappa shape index (κ2) is 4.88. The van der Waals surface area contributed by atoms with E-state index < -0.39 is 0 Å². The summed E-state index contributed by atoms with van der Waals surface area (Å²) in [6.45, 7) is 6.18. The van der Waals surface area contributed by atoms with Gasteiger partial charge in [-0.25, -0.2) is 0 Å². The van der Waals surface area contributed by atoms with E-state index in [4.69, 9.17) is 9.47 Å². The maximum absolute atomic E-state index is 12.5. The van der Waals surface area contributed by atoms with Crippen LogP contribution in [-0.4, -0.2) is 29.6 Å². The average Bonchev–Trinajstić information content (AvgIpc) is 3.15. The number of carbonyl (C=O) groups is 2. The second-order valence-corrected chi connectivity index (χ2v) is 9.92. The van der Waals surface area contributed by atoms with Crippen LogP contribution in [0.5, 0.6) is 0 Å². The van der Waals surface area contributed by atoms with E-state index in [1.165, 1.54) is 6.92 Å². The maximum Gasteiger partial charge on any atom is 0.302 e. The van der Waals surface area contributed by atoms with Gasteiger partial charge in [0.1, 0.15) is 17.5 Å². The summed E-state index contributed by atoms with van der Waals surface area (Å²) in [6.07, 6.45) is 8.45. The minimum Gasteiger partial charge on any atom is -0.462 e. The highest BCUT2D eigenvalue weighted by molar-refractivity contribution is 5.87. The minimum absolute atomic E-state index is 0.0223. The monoisotopic (exact) mass is 346 g/mol. The van der Waals surface area contributed by atoms with Gasteiger partial charge in [-0.2, -0.15) is 0 Å². The van der Waals surface area contributed by atoms with Crippen LogP contribution in [0.2, 0.25) is 0 Å². The quantitative estimate of drug-likeness (QED) is 0.537. The fourth-order valence-electron chi connectivity index (χ4n) is 7.75. The molecule has 4 saturated carbocycles. The predicted molar refractivity (Wildman–Crippen MR) is 91.8 cm³/mol. The van der Waals surface area contributed by atoms with Crippen molar-refractivity contribution in [2.45, 2.75) is 89.9 Å². The van der Waals surface area contributed by atoms with Gasteiger partial charge >= 0.3 is 5.97 Å². The zero-order valence-electron chi connectivity index (χ0n) is 15.7. The lowest BCUT2D eigenvalue weighted by Crippen LogP contribution is -2.58. The fraction of sp³-hybridized carbons (Fsp3) is 0.905. The van der Waals surface area contributed by atoms with Crippen LogP contribution >= 0.6 is 0 Å². The molecule has 1 saturated heterocycles. The van der Waals surface area contributed by atoms with Crippen LogP contribution in [0.15, 0.2) is 0 Å². The fourth-order valence-corrected chi connectivity index (χ4v) is 7.75. The van der Waals surface area contributed by atoms with Crippen molar-refractivity contribution in [2.24, 2.45) is 28.6 Å². The third-order valence-corrected chi connectivity index (χ3v) is 9.08. The second-order valence-electron chi connectivity index (χ2n) is 9.92. The molecule has 1 spiro atoms. The lowest BCUT2D eigenvalue weighted by atomic mass is 9.45. The Kier molecular flexibility index (Phi) is 3.18. The van der Waals surface area contributed by atoms with E-state index in [2.05, 4.69) is 13.8 Å². The molecule has 5 fully saturated rings. The topological polar surface area (TPSA) is 55.9 Å². The van der Waals surface area contributed by atoms with Gasteiger partial charge in [0, 0.05) is 30.6 Å². The molecule has 0 aromatic heterocycles. The summed E-state index contributed by atoms with van der Waals surface area (Å²) >= 11 is 0. The van der Waals surface area contributed by atoms with E-state index in [0.29, 0.717) is 29.6 Å². The van der Waals surface area contributed by atoms with Gasteiger partial charge in [0.15, 0.2) is 0 Å². The van der Waals surface area contributed by atoms with Gasteiger partial charge in [-0.3, -0.25) is 9.59 Å². The van der Waals surface area contributed by atoms with Crippen LogP contribution in [0.1, 0.15) is 72.1 Å². The first-order valence-electron chi connectivity index (χ1n) is 10.2. The van der Waals surface area contributed by atoms with Gasteiger partial charge in [-0.05, 0) is 56.3 Å². The summed E-state index contributed by atoms with van der Waals surface area (Å²) < 4.78 is 12.0. The molecule has 4 heteroatoms. The van der Waals surface area contributed by atoms with Crippen molar-refractivity contribution in [3.05, 3.63) is 0 Å². The Morgan fingerprint density at radius 1 is 1.16 bits per heavy atom. The maximum atomic E-state index is 12.5. The number of carbonyl (C=O) groups excluding carboxylic acids is 2. The summed E-state index contributed by atoms with van der Waals surface area (Å²) in [5, 5.41) is 0. The first kappa shape index (κ1) is 16.3. The van der Waals surface area contributed by atoms with Crippen LogP contribution in [0.3, 0.4) is 0 Å². The lowest BCUT2D eigenvalue weighted by Gasteiger charge is -2.58. The van der Waals surface area contributed by atoms with E-state index in [9.17, 15) is 9.59 Å². The van der Waals surface area contributed by atoms with Crippen LogP contribution in [0.25, 0.3) is 0 Å². The van der Waals surface area contributed by atoms with E-state index in [1.54, 1.807) is 0 Å². The Bertz CT molecular complexity index is 644. The van der Waals surface area contributed by atoms with Crippen molar-refractivity contribution in [2.75, 3.05) is 0 Å². The molecule has 25 heavy (non-hydrogen) atoms. The Morgan fingerprint density at radius 3 is 2.72 bits per heavy atom. The highest BCUT2D eigenvalue weighted by atomic mass is 16.6. The number of epoxide rings is 1. The molecule has 0 N–H and O–H groups in total. The van der Waals surface area contributed by atoms with E-state index in [1.807, 2.05) is 0 Å². The van der Waals surface area contributed by atoms with Gasteiger partial charge in [0.2, 0.25) is 0 Å². The van der Waals surface area contributed by atoms with Crippen molar-refractivity contribution in [3.63, 3.8) is 0 Å². The van der Waals surface area contributed by atoms with Crippen molar-refractivity contribution >= 4 is 11.8 Å². The normalized spacial score (nSPS) is 56.3. The van der Waals surface area contributed by atoms with Crippen LogP contribution in [0.4, 0.5) is 0 Å². The third kappa shape index (κ3) is 1.92. The van der Waals surface area contributed by atoms with Crippen molar-refractivity contribution < 1.29 is 19.1 Å². The molecule has 5 aliphatic rings. The Hall–Kier alpha value is -0.900. The molecule has 0 amide bonds. The zero-order valence-corrected chi connectivity index (χ0v) is 15.7. The summed E-state index contributed by atoms with van der Waals surface area (Å²) in [5.74, 6) is 2.19. The van der Waals surface area contributed by atoms with Crippen molar-refractivity contribution in [3.8, 4) is 0 Å². The average molecular weight is 346 g/mol. The molecule has 4 aliphatic carbocycles. The molecule has 5 rings (SSSR count). The molecule has 0 aromatic carbocycles. The third-order valence-electron chi connectivity index (χ3n) is 9.08. The number of rotatable bonds is 1. The van der Waals surface area contributed by atoms with E-state index in [0.717, 1.165) is 51.4 Å². The summed E-state index contributed by atoms with van der Waals surface area (Å²) in [5.41, 5.74) is 0.0500. The number of ketones is 1. The number of fused-ring (bicyclic) bond motifs is 4. The van der Waals surface area contributed by atoms with Crippen molar-refractivity contribution in [1.29, 1.82) is 0 Å². The number of Topliss-reactive ketones (excluding diaryl/α,β-unsaturated/α-hetero) is 1. The van der Waals surface area contributed by atoms with Crippen molar-refractivity contribution in [1.82, 2.24) is 0 Å². The standard InChI is InChI=1S/C21H30O4/c1-12(22)24-13-6-9-20(3)16-7-8-19(2)15(4-5-17(19)23)14(16)10-18-21(20,11-13)25-18/h13-16,18H,4-11H2,1-3H3/t13-,14-,15-,16-,18+,19+,20-,21+/m1/s1. The molecule has 0 aromatic rings. The van der Waals surface area contributed by atoms with Gasteiger partial charge in [-0.15, -0.1) is 0 Å². The van der Waals surface area contributed by atoms with Gasteiger partial charge in [0.25, 0.3) is 0 Å². The Balaban J connectivity index is 1.44. The Labute approximate surface area is 150 Å². The van der Waals surface area contributed by atoms with Gasteiger partial charge in [-0.1, -0.05) is 13.8 Å². The molecule has 4 nitrogen and oxygen atoms in total. The number of hydrogen-bond donors (Lipinski definition) is 0. The number of ether oxygens (including phenoxy) is 2. The molecular formula is C21H30O4. The van der Waals surface area contributed by atoms with Crippen LogP contribution in [-0.2, 0) is 19.1 Å². The molecule has 1 aliphatic heterocycles. The van der Waals surface area contributed by atoms with Crippen LogP contribution < -0.4 is 0 Å². The largest absolute Gasteiger partial charge is 0.462 e. The van der Waals surface area contributed by atoms with Gasteiger partial charge < -0.3 is 9.47 Å². The molecule has 0 bridgehead atoms. The Morgan fingerprint density at radius 2 is 1.96 bits per heavy atom. The SMILES string of the molecule is CC(=O)O[C@@H]1CC[C@]2(C)[C@@H]3CC[C@]4(C)C(=O)CC[C@@H]4[C@H]3C[C@@H]3O[C@@]32C1. The van der Waals surface area contributed by atoms with E-state index in [-0.39, 0.29) is 28.5 Å². The lowest BCUT2D eigenvalue weighted by molar-refractivity contribution is -0.157. The molecule has 0 radical (unpaired) electrons. The number of esters is 1. The highest BCUT2D eigenvalue weighted by Gasteiger charge is 2.76. The zero-order chi connectivity index (χ0) is 17.6. The smallest absolute Gasteiger partial charge is 0.302 e. The minimum atomic E-state index is -0.172. The molecule has 1 heterocycles. The van der Waals surface area contributed by atoms with Crippen LogP contribution in [0, 0.1) is 28.6 Å².